The monoisotopic (exact) mass is 334 g/mol. The number of rotatable bonds is 5. The number of hydrogen-bond acceptors (Lipinski definition) is 3. The zero-order valence-electron chi connectivity index (χ0n) is 14.5. The van der Waals surface area contributed by atoms with E-state index in [0.717, 1.165) is 44.7 Å². The first-order valence-corrected chi connectivity index (χ1v) is 9.17. The van der Waals surface area contributed by atoms with Gasteiger partial charge in [0.15, 0.2) is 0 Å². The van der Waals surface area contributed by atoms with Crippen LogP contribution < -0.4 is 11.1 Å². The molecule has 0 bridgehead atoms. The van der Waals surface area contributed by atoms with Crippen molar-refractivity contribution in [1.29, 1.82) is 0 Å². The lowest BCUT2D eigenvalue weighted by Crippen LogP contribution is -2.45. The van der Waals surface area contributed by atoms with E-state index in [0.29, 0.717) is 6.04 Å². The van der Waals surface area contributed by atoms with E-state index in [9.17, 15) is 0 Å². The van der Waals surface area contributed by atoms with E-state index in [4.69, 9.17) is 5.73 Å². The first-order chi connectivity index (χ1) is 12.3. The van der Waals surface area contributed by atoms with Crippen molar-refractivity contribution in [3.8, 4) is 0 Å². The number of anilines is 1. The normalized spacial score (nSPS) is 17.0. The van der Waals surface area contributed by atoms with Crippen molar-refractivity contribution < 1.29 is 0 Å². The Morgan fingerprint density at radius 2 is 1.84 bits per heavy atom. The number of fused-ring (bicyclic) bond motifs is 1. The molecule has 2 heterocycles. The summed E-state index contributed by atoms with van der Waals surface area (Å²) in [5, 5.41) is 4.79. The number of nitrogen functional groups attached to an aromatic ring is 1. The van der Waals surface area contributed by atoms with Gasteiger partial charge in [0, 0.05) is 55.0 Å². The second-order valence-electron chi connectivity index (χ2n) is 6.83. The molecular formula is C21H26N4. The van der Waals surface area contributed by atoms with Crippen molar-refractivity contribution in [3.63, 3.8) is 0 Å². The molecule has 1 unspecified atom stereocenters. The fourth-order valence-corrected chi connectivity index (χ4v) is 4.00. The number of aryl methyl sites for hydroxylation is 1. The molecule has 0 spiro atoms. The number of aromatic amines is 1. The van der Waals surface area contributed by atoms with E-state index in [2.05, 4.69) is 51.6 Å². The quantitative estimate of drug-likeness (QED) is 0.627. The highest BCUT2D eigenvalue weighted by atomic mass is 15.2. The van der Waals surface area contributed by atoms with Gasteiger partial charge in [0.05, 0.1) is 0 Å². The van der Waals surface area contributed by atoms with Crippen LogP contribution in [0.1, 0.15) is 23.6 Å². The van der Waals surface area contributed by atoms with Gasteiger partial charge in [0.25, 0.3) is 0 Å². The number of nitrogens with two attached hydrogens (primary N) is 1. The fourth-order valence-electron chi connectivity index (χ4n) is 4.00. The second-order valence-corrected chi connectivity index (χ2v) is 6.83. The molecule has 4 N–H and O–H groups in total. The Morgan fingerprint density at radius 1 is 1.00 bits per heavy atom. The molecule has 4 rings (SSSR count). The smallest absolute Gasteiger partial charge is 0.0456 e. The molecule has 0 saturated carbocycles. The highest BCUT2D eigenvalue weighted by Crippen LogP contribution is 2.31. The zero-order valence-corrected chi connectivity index (χ0v) is 14.5. The average Bonchev–Trinajstić information content (AvgIpc) is 3.14. The van der Waals surface area contributed by atoms with Crippen LogP contribution in [0.25, 0.3) is 10.9 Å². The third-order valence-electron chi connectivity index (χ3n) is 5.32. The topological polar surface area (TPSA) is 57.1 Å². The molecule has 2 aromatic carbocycles. The second kappa shape index (κ2) is 7.30. The van der Waals surface area contributed by atoms with Crippen LogP contribution in [0.2, 0.25) is 0 Å². The standard InChI is InChI=1S/C21H26N4/c22-19-6-2-1-5-18(19)21(25-14-12-23-13-15-25)9-8-16-4-3-7-20-17(16)10-11-24-20/h1-7,10-11,21,23-24H,8-9,12-15,22H2. The van der Waals surface area contributed by atoms with E-state index in [1.807, 2.05) is 18.3 Å². The minimum atomic E-state index is 0.373. The van der Waals surface area contributed by atoms with Crippen LogP contribution >= 0.6 is 0 Å². The Kier molecular flexibility index (Phi) is 4.72. The zero-order chi connectivity index (χ0) is 17.1. The van der Waals surface area contributed by atoms with Gasteiger partial charge in [-0.05, 0) is 42.2 Å². The molecule has 0 amide bonds. The molecule has 3 aromatic rings. The summed E-state index contributed by atoms with van der Waals surface area (Å²) in [5.41, 5.74) is 11.1. The van der Waals surface area contributed by atoms with Gasteiger partial charge < -0.3 is 16.0 Å². The highest BCUT2D eigenvalue weighted by molar-refractivity contribution is 5.82. The predicted octanol–water partition coefficient (Wildman–Crippen LogP) is 3.33. The van der Waals surface area contributed by atoms with Crippen LogP contribution in [0.15, 0.2) is 54.7 Å². The molecule has 1 atom stereocenters. The number of benzene rings is 2. The van der Waals surface area contributed by atoms with Gasteiger partial charge in [-0.3, -0.25) is 4.90 Å². The maximum Gasteiger partial charge on any atom is 0.0456 e. The molecular weight excluding hydrogens is 308 g/mol. The molecule has 1 aliphatic heterocycles. The van der Waals surface area contributed by atoms with Crippen LogP contribution in [0.4, 0.5) is 5.69 Å². The molecule has 130 valence electrons. The summed E-state index contributed by atoms with van der Waals surface area (Å²) >= 11 is 0. The number of hydrogen-bond donors (Lipinski definition) is 3. The van der Waals surface area contributed by atoms with Crippen molar-refractivity contribution in [1.82, 2.24) is 15.2 Å². The molecule has 1 fully saturated rings. The average molecular weight is 334 g/mol. The summed E-state index contributed by atoms with van der Waals surface area (Å²) in [6.07, 6.45) is 4.16. The molecule has 0 aliphatic carbocycles. The van der Waals surface area contributed by atoms with E-state index in [1.54, 1.807) is 0 Å². The lowest BCUT2D eigenvalue weighted by Gasteiger charge is -2.36. The fraction of sp³-hybridized carbons (Fsp3) is 0.333. The lowest BCUT2D eigenvalue weighted by atomic mass is 9.94. The SMILES string of the molecule is Nc1ccccc1C(CCc1cccc2[nH]ccc12)N1CCNCC1. The molecule has 0 radical (unpaired) electrons. The molecule has 1 saturated heterocycles. The largest absolute Gasteiger partial charge is 0.398 e. The molecule has 4 nitrogen and oxygen atoms in total. The summed E-state index contributed by atoms with van der Waals surface area (Å²) in [6, 6.07) is 17.4. The number of nitrogens with zero attached hydrogens (tertiary/aromatic N) is 1. The first kappa shape index (κ1) is 16.2. The summed E-state index contributed by atoms with van der Waals surface area (Å²) < 4.78 is 0. The minimum Gasteiger partial charge on any atom is -0.398 e. The number of H-pyrrole nitrogens is 1. The van der Waals surface area contributed by atoms with Gasteiger partial charge in [0.2, 0.25) is 0 Å². The molecule has 1 aliphatic rings. The van der Waals surface area contributed by atoms with Gasteiger partial charge in [0.1, 0.15) is 0 Å². The molecule has 1 aromatic heterocycles. The number of piperazine rings is 1. The Labute approximate surface area is 149 Å². The van der Waals surface area contributed by atoms with E-state index >= 15 is 0 Å². The Bertz CT molecular complexity index is 833. The first-order valence-electron chi connectivity index (χ1n) is 9.17. The summed E-state index contributed by atoms with van der Waals surface area (Å²) in [5.74, 6) is 0. The number of aromatic nitrogens is 1. The van der Waals surface area contributed by atoms with E-state index < -0.39 is 0 Å². The van der Waals surface area contributed by atoms with Crippen molar-refractivity contribution in [2.45, 2.75) is 18.9 Å². The third-order valence-corrected chi connectivity index (χ3v) is 5.32. The van der Waals surface area contributed by atoms with Crippen LogP contribution in [-0.2, 0) is 6.42 Å². The van der Waals surface area contributed by atoms with Gasteiger partial charge in [-0.2, -0.15) is 0 Å². The molecule has 25 heavy (non-hydrogen) atoms. The predicted molar refractivity (Wildman–Crippen MR) is 105 cm³/mol. The van der Waals surface area contributed by atoms with Gasteiger partial charge >= 0.3 is 0 Å². The Hall–Kier alpha value is -2.30. The van der Waals surface area contributed by atoms with Crippen molar-refractivity contribution in [2.24, 2.45) is 0 Å². The van der Waals surface area contributed by atoms with Crippen LogP contribution in [0.3, 0.4) is 0 Å². The summed E-state index contributed by atoms with van der Waals surface area (Å²) in [7, 11) is 0. The number of nitrogens with one attached hydrogen (secondary N) is 2. The van der Waals surface area contributed by atoms with Crippen molar-refractivity contribution >= 4 is 16.6 Å². The minimum absolute atomic E-state index is 0.373. The Morgan fingerprint density at radius 3 is 2.68 bits per heavy atom. The van der Waals surface area contributed by atoms with Gasteiger partial charge in [-0.25, -0.2) is 0 Å². The summed E-state index contributed by atoms with van der Waals surface area (Å²) in [4.78, 5) is 5.90. The van der Waals surface area contributed by atoms with E-state index in [1.165, 1.54) is 22.0 Å². The van der Waals surface area contributed by atoms with Crippen LogP contribution in [0.5, 0.6) is 0 Å². The third kappa shape index (κ3) is 3.41. The van der Waals surface area contributed by atoms with Crippen molar-refractivity contribution in [2.75, 3.05) is 31.9 Å². The van der Waals surface area contributed by atoms with Crippen LogP contribution in [0, 0.1) is 0 Å². The van der Waals surface area contributed by atoms with Crippen LogP contribution in [-0.4, -0.2) is 36.1 Å². The van der Waals surface area contributed by atoms with E-state index in [-0.39, 0.29) is 0 Å². The highest BCUT2D eigenvalue weighted by Gasteiger charge is 2.23. The maximum absolute atomic E-state index is 6.32. The lowest BCUT2D eigenvalue weighted by molar-refractivity contribution is 0.166. The Balaban J connectivity index is 1.60. The van der Waals surface area contributed by atoms with Gasteiger partial charge in [-0.1, -0.05) is 30.3 Å². The summed E-state index contributed by atoms with van der Waals surface area (Å²) in [6.45, 7) is 4.26. The maximum atomic E-state index is 6.32. The van der Waals surface area contributed by atoms with Gasteiger partial charge in [-0.15, -0.1) is 0 Å². The number of para-hydroxylation sites is 1. The van der Waals surface area contributed by atoms with Crippen molar-refractivity contribution in [3.05, 3.63) is 65.9 Å². The molecule has 4 heteroatoms.